The van der Waals surface area contributed by atoms with Crippen LogP contribution < -0.4 is 0 Å². The fraction of sp³-hybridized carbons (Fsp3) is 0.917. The van der Waals surface area contributed by atoms with Crippen LogP contribution in [0.2, 0.25) is 0 Å². The normalized spacial score (nSPS) is 10.8. The van der Waals surface area contributed by atoms with Crippen molar-refractivity contribution in [1.82, 2.24) is 0 Å². The van der Waals surface area contributed by atoms with Gasteiger partial charge in [-0.2, -0.15) is 0 Å². The Morgan fingerprint density at radius 3 is 1.50 bits per heavy atom. The standard InChI is InChI=1S/C12H24O6/c1-12(13)11-18-10-9-17-8-7-16-6-5-15-4-3-14-2/h3-11H2,1-2H3. The van der Waals surface area contributed by atoms with E-state index in [9.17, 15) is 4.79 Å². The summed E-state index contributed by atoms with van der Waals surface area (Å²) in [7, 11) is 1.64. The quantitative estimate of drug-likeness (QED) is 0.420. The second kappa shape index (κ2) is 14.5. The highest BCUT2D eigenvalue weighted by atomic mass is 16.6. The van der Waals surface area contributed by atoms with Crippen molar-refractivity contribution in [3.05, 3.63) is 0 Å². The molecule has 0 aromatic heterocycles. The molecular weight excluding hydrogens is 240 g/mol. The van der Waals surface area contributed by atoms with Crippen molar-refractivity contribution in [2.45, 2.75) is 6.92 Å². The molecule has 0 aliphatic carbocycles. The van der Waals surface area contributed by atoms with E-state index < -0.39 is 0 Å². The molecule has 0 rings (SSSR count). The first kappa shape index (κ1) is 17.5. The minimum Gasteiger partial charge on any atom is -0.382 e. The number of ketones is 1. The lowest BCUT2D eigenvalue weighted by molar-refractivity contribution is -0.122. The summed E-state index contributed by atoms with van der Waals surface area (Å²) in [6.45, 7) is 5.89. The van der Waals surface area contributed by atoms with Crippen LogP contribution in [0.1, 0.15) is 6.92 Å². The average Bonchev–Trinajstić information content (AvgIpc) is 2.34. The highest BCUT2D eigenvalue weighted by Gasteiger charge is 1.94. The van der Waals surface area contributed by atoms with Gasteiger partial charge in [0.15, 0.2) is 5.78 Å². The Bertz CT molecular complexity index is 185. The molecule has 0 bridgehead atoms. The first-order valence-corrected chi connectivity index (χ1v) is 6.06. The molecule has 0 saturated carbocycles. The van der Waals surface area contributed by atoms with E-state index in [0.29, 0.717) is 52.9 Å². The highest BCUT2D eigenvalue weighted by Crippen LogP contribution is 1.83. The molecule has 0 atom stereocenters. The van der Waals surface area contributed by atoms with Crippen molar-refractivity contribution in [3.63, 3.8) is 0 Å². The van der Waals surface area contributed by atoms with Gasteiger partial charge in [-0.15, -0.1) is 0 Å². The lowest BCUT2D eigenvalue weighted by atomic mass is 10.5. The molecule has 0 saturated heterocycles. The number of methoxy groups -OCH3 is 1. The van der Waals surface area contributed by atoms with Crippen LogP contribution in [0.5, 0.6) is 0 Å². The van der Waals surface area contributed by atoms with Gasteiger partial charge in [0.2, 0.25) is 0 Å². The molecule has 6 heteroatoms. The van der Waals surface area contributed by atoms with Crippen molar-refractivity contribution in [3.8, 4) is 0 Å². The summed E-state index contributed by atoms with van der Waals surface area (Å²) < 4.78 is 25.6. The number of ether oxygens (including phenoxy) is 5. The monoisotopic (exact) mass is 264 g/mol. The predicted octanol–water partition coefficient (Wildman–Crippen LogP) is 0.288. The summed E-state index contributed by atoms with van der Waals surface area (Å²) in [6, 6.07) is 0. The van der Waals surface area contributed by atoms with E-state index in [-0.39, 0.29) is 12.4 Å². The Labute approximate surface area is 108 Å². The van der Waals surface area contributed by atoms with Gasteiger partial charge >= 0.3 is 0 Å². The zero-order valence-corrected chi connectivity index (χ0v) is 11.3. The van der Waals surface area contributed by atoms with Gasteiger partial charge < -0.3 is 23.7 Å². The lowest BCUT2D eigenvalue weighted by Gasteiger charge is -2.06. The van der Waals surface area contributed by atoms with Crippen LogP contribution in [0.4, 0.5) is 0 Å². The van der Waals surface area contributed by atoms with E-state index in [1.807, 2.05) is 0 Å². The topological polar surface area (TPSA) is 63.2 Å². The van der Waals surface area contributed by atoms with Gasteiger partial charge in [-0.25, -0.2) is 0 Å². The van der Waals surface area contributed by atoms with Gasteiger partial charge in [0.05, 0.1) is 52.9 Å². The summed E-state index contributed by atoms with van der Waals surface area (Å²) >= 11 is 0. The molecule has 0 aromatic rings. The van der Waals surface area contributed by atoms with Crippen LogP contribution in [0, 0.1) is 0 Å². The average molecular weight is 264 g/mol. The molecule has 0 aromatic carbocycles. The van der Waals surface area contributed by atoms with E-state index in [2.05, 4.69) is 0 Å². The second-order valence-electron chi connectivity index (χ2n) is 3.58. The number of carbonyl (C=O) groups is 1. The van der Waals surface area contributed by atoms with Crippen LogP contribution in [0.25, 0.3) is 0 Å². The summed E-state index contributed by atoms with van der Waals surface area (Å²) in [6.07, 6.45) is 0. The van der Waals surface area contributed by atoms with Crippen LogP contribution in [-0.4, -0.2) is 72.4 Å². The van der Waals surface area contributed by atoms with Gasteiger partial charge in [-0.05, 0) is 6.92 Å². The zero-order valence-electron chi connectivity index (χ0n) is 11.3. The van der Waals surface area contributed by atoms with Crippen LogP contribution in [0.15, 0.2) is 0 Å². The molecule has 0 amide bonds. The molecule has 0 radical (unpaired) electrons. The SMILES string of the molecule is COCCOCCOCCOCCOCC(C)=O. The van der Waals surface area contributed by atoms with Crippen molar-refractivity contribution in [2.24, 2.45) is 0 Å². The van der Waals surface area contributed by atoms with Crippen molar-refractivity contribution in [2.75, 3.05) is 66.6 Å². The highest BCUT2D eigenvalue weighted by molar-refractivity contribution is 5.76. The number of carbonyl (C=O) groups excluding carboxylic acids is 1. The van der Waals surface area contributed by atoms with Crippen molar-refractivity contribution in [1.29, 1.82) is 0 Å². The van der Waals surface area contributed by atoms with Crippen molar-refractivity contribution >= 4 is 5.78 Å². The van der Waals surface area contributed by atoms with Gasteiger partial charge in [0.1, 0.15) is 6.61 Å². The third-order valence-electron chi connectivity index (χ3n) is 1.85. The Morgan fingerprint density at radius 1 is 0.722 bits per heavy atom. The maximum atomic E-state index is 10.5. The van der Waals surface area contributed by atoms with E-state index in [1.54, 1.807) is 7.11 Å². The minimum absolute atomic E-state index is 0.0202. The smallest absolute Gasteiger partial charge is 0.155 e. The van der Waals surface area contributed by atoms with Gasteiger partial charge in [-0.3, -0.25) is 4.79 Å². The fourth-order valence-corrected chi connectivity index (χ4v) is 1.02. The van der Waals surface area contributed by atoms with Gasteiger partial charge in [0.25, 0.3) is 0 Å². The molecule has 0 spiro atoms. The molecule has 0 aliphatic heterocycles. The largest absolute Gasteiger partial charge is 0.382 e. The Hall–Kier alpha value is -0.530. The number of rotatable bonds is 14. The predicted molar refractivity (Wildman–Crippen MR) is 65.8 cm³/mol. The van der Waals surface area contributed by atoms with E-state index in [0.717, 1.165) is 0 Å². The first-order valence-electron chi connectivity index (χ1n) is 6.06. The molecule has 0 N–H and O–H groups in total. The van der Waals surface area contributed by atoms with Gasteiger partial charge in [-0.1, -0.05) is 0 Å². The molecular formula is C12H24O6. The second-order valence-corrected chi connectivity index (χ2v) is 3.58. The number of hydrogen-bond acceptors (Lipinski definition) is 6. The maximum Gasteiger partial charge on any atom is 0.155 e. The van der Waals surface area contributed by atoms with E-state index in [4.69, 9.17) is 23.7 Å². The molecule has 0 aliphatic rings. The third kappa shape index (κ3) is 15.5. The Morgan fingerprint density at radius 2 is 1.11 bits per heavy atom. The summed E-state index contributed by atoms with van der Waals surface area (Å²) in [5.74, 6) is 0.0202. The number of Topliss-reactive ketones (excluding diaryl/α,β-unsaturated/α-hetero) is 1. The molecule has 108 valence electrons. The van der Waals surface area contributed by atoms with E-state index >= 15 is 0 Å². The number of hydrogen-bond donors (Lipinski definition) is 0. The summed E-state index contributed by atoms with van der Waals surface area (Å²) in [5.41, 5.74) is 0. The van der Waals surface area contributed by atoms with Crippen LogP contribution >= 0.6 is 0 Å². The first-order chi connectivity index (χ1) is 8.77. The summed E-state index contributed by atoms with van der Waals surface area (Å²) in [4.78, 5) is 10.5. The zero-order chi connectivity index (χ0) is 13.5. The minimum atomic E-state index is 0.0202. The summed E-state index contributed by atoms with van der Waals surface area (Å²) in [5, 5.41) is 0. The molecule has 0 heterocycles. The molecule has 18 heavy (non-hydrogen) atoms. The third-order valence-corrected chi connectivity index (χ3v) is 1.85. The van der Waals surface area contributed by atoms with Crippen LogP contribution in [0.3, 0.4) is 0 Å². The molecule has 0 unspecified atom stereocenters. The van der Waals surface area contributed by atoms with Crippen molar-refractivity contribution < 1.29 is 28.5 Å². The molecule has 0 fully saturated rings. The Balaban J connectivity index is 2.92. The van der Waals surface area contributed by atoms with E-state index in [1.165, 1.54) is 6.92 Å². The fourth-order valence-electron chi connectivity index (χ4n) is 1.02. The maximum absolute atomic E-state index is 10.5. The molecule has 6 nitrogen and oxygen atoms in total. The lowest BCUT2D eigenvalue weighted by Crippen LogP contribution is -2.14. The Kier molecular flexibility index (Phi) is 14.1. The van der Waals surface area contributed by atoms with Gasteiger partial charge in [0, 0.05) is 7.11 Å². The van der Waals surface area contributed by atoms with Crippen LogP contribution in [-0.2, 0) is 28.5 Å².